The Labute approximate surface area is 110 Å². The lowest BCUT2D eigenvalue weighted by molar-refractivity contribution is 0.0728. The number of phenols is 1. The van der Waals surface area contributed by atoms with Gasteiger partial charge in [0.15, 0.2) is 0 Å². The third-order valence-electron chi connectivity index (χ3n) is 2.40. The van der Waals surface area contributed by atoms with E-state index in [0.29, 0.717) is 16.6 Å². The van der Waals surface area contributed by atoms with Gasteiger partial charge in [-0.25, -0.2) is 0 Å². The van der Waals surface area contributed by atoms with Gasteiger partial charge in [-0.05, 0) is 48.0 Å². The average molecular weight is 298 g/mol. The molecule has 17 heavy (non-hydrogen) atoms. The molecule has 1 amide bonds. The second-order valence-corrected chi connectivity index (χ2v) is 4.86. The first kappa shape index (κ1) is 13.8. The molecule has 0 saturated heterocycles. The molecule has 0 radical (unpaired) electrons. The van der Waals surface area contributed by atoms with Crippen molar-refractivity contribution in [3.8, 4) is 5.75 Å². The Bertz CT molecular complexity index is 429. The van der Waals surface area contributed by atoms with Gasteiger partial charge in [0.25, 0.3) is 5.91 Å². The van der Waals surface area contributed by atoms with E-state index in [-0.39, 0.29) is 17.7 Å². The molecule has 0 atom stereocenters. The van der Waals surface area contributed by atoms with Crippen LogP contribution in [0.4, 0.5) is 0 Å². The summed E-state index contributed by atoms with van der Waals surface area (Å²) in [6, 6.07) is 4.90. The fourth-order valence-corrected chi connectivity index (χ4v) is 1.73. The molecule has 1 aromatic rings. The van der Waals surface area contributed by atoms with Crippen LogP contribution in [0.5, 0.6) is 5.75 Å². The average Bonchev–Trinajstić information content (AvgIpc) is 2.28. The molecule has 3 nitrogen and oxygen atoms in total. The highest BCUT2D eigenvalue weighted by molar-refractivity contribution is 9.10. The van der Waals surface area contributed by atoms with Gasteiger partial charge < -0.3 is 10.0 Å². The number of benzene rings is 1. The molecule has 1 aromatic carbocycles. The van der Waals surface area contributed by atoms with Crippen LogP contribution in [0.1, 0.15) is 24.2 Å². The van der Waals surface area contributed by atoms with Crippen molar-refractivity contribution < 1.29 is 9.90 Å². The number of carbonyl (C=O) groups excluding carboxylic acids is 1. The van der Waals surface area contributed by atoms with Gasteiger partial charge in [-0.15, -0.1) is 6.58 Å². The molecule has 0 aliphatic rings. The van der Waals surface area contributed by atoms with E-state index in [0.717, 1.165) is 0 Å². The molecule has 4 heteroatoms. The maximum Gasteiger partial charge on any atom is 0.254 e. The number of phenolic OH excluding ortho intramolecular Hbond substituents is 1. The van der Waals surface area contributed by atoms with Crippen molar-refractivity contribution in [1.82, 2.24) is 4.90 Å². The Hall–Kier alpha value is -1.29. The number of amides is 1. The van der Waals surface area contributed by atoms with Crippen LogP contribution in [-0.4, -0.2) is 28.5 Å². The molecule has 0 aliphatic carbocycles. The van der Waals surface area contributed by atoms with E-state index >= 15 is 0 Å². The largest absolute Gasteiger partial charge is 0.507 e. The maximum absolute atomic E-state index is 12.2. The molecule has 0 saturated carbocycles. The number of halogens is 1. The zero-order valence-corrected chi connectivity index (χ0v) is 11.6. The van der Waals surface area contributed by atoms with Crippen LogP contribution in [0.2, 0.25) is 0 Å². The van der Waals surface area contributed by atoms with E-state index in [1.807, 2.05) is 13.8 Å². The normalized spacial score (nSPS) is 10.4. The Morgan fingerprint density at radius 1 is 1.59 bits per heavy atom. The molecule has 0 aromatic heterocycles. The molecule has 92 valence electrons. The summed E-state index contributed by atoms with van der Waals surface area (Å²) in [6.45, 7) is 8.02. The lowest BCUT2D eigenvalue weighted by Gasteiger charge is -2.25. The second-order valence-electron chi connectivity index (χ2n) is 4.01. The number of aromatic hydroxyl groups is 1. The van der Waals surface area contributed by atoms with Crippen molar-refractivity contribution in [3.63, 3.8) is 0 Å². The lowest BCUT2D eigenvalue weighted by atomic mass is 10.1. The van der Waals surface area contributed by atoms with Gasteiger partial charge in [0, 0.05) is 18.2 Å². The summed E-state index contributed by atoms with van der Waals surface area (Å²) < 4.78 is 0.578. The third-order valence-corrected chi connectivity index (χ3v) is 3.07. The van der Waals surface area contributed by atoms with Crippen LogP contribution in [0.25, 0.3) is 0 Å². The van der Waals surface area contributed by atoms with Crippen molar-refractivity contribution >= 4 is 21.8 Å². The van der Waals surface area contributed by atoms with E-state index in [9.17, 15) is 9.90 Å². The molecule has 0 heterocycles. The Morgan fingerprint density at radius 3 is 2.71 bits per heavy atom. The van der Waals surface area contributed by atoms with Gasteiger partial charge >= 0.3 is 0 Å². The van der Waals surface area contributed by atoms with E-state index in [4.69, 9.17) is 0 Å². The van der Waals surface area contributed by atoms with Crippen molar-refractivity contribution in [2.45, 2.75) is 19.9 Å². The van der Waals surface area contributed by atoms with Crippen molar-refractivity contribution in [3.05, 3.63) is 40.9 Å². The molecule has 0 unspecified atom stereocenters. The minimum absolute atomic E-state index is 0.0677. The molecule has 0 fully saturated rings. The van der Waals surface area contributed by atoms with Crippen LogP contribution >= 0.6 is 15.9 Å². The van der Waals surface area contributed by atoms with Crippen LogP contribution in [0, 0.1) is 0 Å². The fourth-order valence-electron chi connectivity index (χ4n) is 1.48. The Kier molecular flexibility index (Phi) is 4.75. The van der Waals surface area contributed by atoms with Crippen molar-refractivity contribution in [2.75, 3.05) is 6.54 Å². The zero-order chi connectivity index (χ0) is 13.0. The summed E-state index contributed by atoms with van der Waals surface area (Å²) in [5, 5.41) is 9.56. The van der Waals surface area contributed by atoms with Crippen LogP contribution in [0.3, 0.4) is 0 Å². The molecule has 1 N–H and O–H groups in total. The van der Waals surface area contributed by atoms with E-state index in [2.05, 4.69) is 22.5 Å². The monoisotopic (exact) mass is 297 g/mol. The highest BCUT2D eigenvalue weighted by Gasteiger charge is 2.18. The van der Waals surface area contributed by atoms with Gasteiger partial charge in [0.05, 0.1) is 4.47 Å². The molecule has 0 spiro atoms. The van der Waals surface area contributed by atoms with Gasteiger partial charge in [0.2, 0.25) is 0 Å². The van der Waals surface area contributed by atoms with Gasteiger partial charge in [-0.1, -0.05) is 6.08 Å². The van der Waals surface area contributed by atoms with Crippen LogP contribution in [0.15, 0.2) is 35.3 Å². The van der Waals surface area contributed by atoms with Crippen molar-refractivity contribution in [2.24, 2.45) is 0 Å². The minimum atomic E-state index is -0.109. The summed E-state index contributed by atoms with van der Waals surface area (Å²) >= 11 is 3.18. The Balaban J connectivity index is 3.00. The first-order valence-electron chi connectivity index (χ1n) is 5.37. The molecular weight excluding hydrogens is 282 g/mol. The molecule has 0 aliphatic heterocycles. The second kappa shape index (κ2) is 5.87. The van der Waals surface area contributed by atoms with Crippen molar-refractivity contribution in [1.29, 1.82) is 0 Å². The number of carbonyl (C=O) groups is 1. The number of hydrogen-bond acceptors (Lipinski definition) is 2. The molecule has 0 bridgehead atoms. The summed E-state index contributed by atoms with van der Waals surface area (Å²) in [5.74, 6) is -0.0409. The van der Waals surface area contributed by atoms with Gasteiger partial charge in [0.1, 0.15) is 5.75 Å². The lowest BCUT2D eigenvalue weighted by Crippen LogP contribution is -2.36. The topological polar surface area (TPSA) is 40.5 Å². The smallest absolute Gasteiger partial charge is 0.254 e. The first-order valence-corrected chi connectivity index (χ1v) is 6.17. The fraction of sp³-hybridized carbons (Fsp3) is 0.308. The molecular formula is C13H16BrNO2. The summed E-state index contributed by atoms with van der Waals surface area (Å²) in [6.07, 6.45) is 1.69. The SMILES string of the molecule is C=CCN(C(=O)c1ccc(Br)c(O)c1)C(C)C. The molecule has 1 rings (SSSR count). The summed E-state index contributed by atoms with van der Waals surface area (Å²) in [4.78, 5) is 13.9. The van der Waals surface area contributed by atoms with Gasteiger partial charge in [-0.2, -0.15) is 0 Å². The number of nitrogens with zero attached hydrogens (tertiary/aromatic N) is 1. The Morgan fingerprint density at radius 2 is 2.24 bits per heavy atom. The van der Waals surface area contributed by atoms with Crippen LogP contribution in [-0.2, 0) is 0 Å². The van der Waals surface area contributed by atoms with E-state index < -0.39 is 0 Å². The quantitative estimate of drug-likeness (QED) is 0.867. The maximum atomic E-state index is 12.2. The highest BCUT2D eigenvalue weighted by Crippen LogP contribution is 2.25. The minimum Gasteiger partial charge on any atom is -0.507 e. The third kappa shape index (κ3) is 3.33. The van der Waals surface area contributed by atoms with Gasteiger partial charge in [-0.3, -0.25) is 4.79 Å². The van der Waals surface area contributed by atoms with E-state index in [1.165, 1.54) is 6.07 Å². The van der Waals surface area contributed by atoms with E-state index in [1.54, 1.807) is 23.1 Å². The summed E-state index contributed by atoms with van der Waals surface area (Å²) in [7, 11) is 0. The highest BCUT2D eigenvalue weighted by atomic mass is 79.9. The summed E-state index contributed by atoms with van der Waals surface area (Å²) in [5.41, 5.74) is 0.473. The standard InChI is InChI=1S/C13H16BrNO2/c1-4-7-15(9(2)3)13(17)10-5-6-11(14)12(16)8-10/h4-6,8-9,16H,1,7H2,2-3H3. The predicted octanol–water partition coefficient (Wildman–Crippen LogP) is 3.19. The van der Waals surface area contributed by atoms with Crippen LogP contribution < -0.4 is 0 Å². The number of rotatable bonds is 4. The predicted molar refractivity (Wildman–Crippen MR) is 72.2 cm³/mol. The zero-order valence-electron chi connectivity index (χ0n) is 9.98. The number of hydrogen-bond donors (Lipinski definition) is 1. The first-order chi connectivity index (χ1) is 7.97.